The van der Waals surface area contributed by atoms with Crippen molar-refractivity contribution in [3.63, 3.8) is 0 Å². The van der Waals surface area contributed by atoms with Gasteiger partial charge in [-0.2, -0.15) is 0 Å². The van der Waals surface area contributed by atoms with Crippen LogP contribution in [-0.4, -0.2) is 31.6 Å². The van der Waals surface area contributed by atoms with E-state index in [9.17, 15) is 4.79 Å². The Hall–Kier alpha value is -1.55. The van der Waals surface area contributed by atoms with E-state index in [4.69, 9.17) is 4.74 Å². The van der Waals surface area contributed by atoms with E-state index in [-0.39, 0.29) is 11.9 Å². The molecule has 112 valence electrons. The van der Waals surface area contributed by atoms with Crippen LogP contribution in [0.25, 0.3) is 0 Å². The minimum absolute atomic E-state index is 0.0944. The van der Waals surface area contributed by atoms with Crippen molar-refractivity contribution >= 4 is 5.91 Å². The molecule has 0 aliphatic rings. The molecule has 0 saturated carbocycles. The van der Waals surface area contributed by atoms with Gasteiger partial charge in [-0.3, -0.25) is 4.79 Å². The molecule has 0 spiro atoms. The minimum atomic E-state index is 0.0944. The number of benzene rings is 1. The third-order valence-electron chi connectivity index (χ3n) is 3.01. The highest BCUT2D eigenvalue weighted by Crippen LogP contribution is 2.18. The van der Waals surface area contributed by atoms with Crippen LogP contribution in [0.15, 0.2) is 24.3 Å². The number of hydrogen-bond donors (Lipinski definition) is 2. The monoisotopic (exact) mass is 278 g/mol. The molecule has 0 aliphatic heterocycles. The first-order valence-corrected chi connectivity index (χ1v) is 7.17. The van der Waals surface area contributed by atoms with Gasteiger partial charge in [-0.05, 0) is 38.8 Å². The fourth-order valence-corrected chi connectivity index (χ4v) is 2.10. The molecule has 0 bridgehead atoms. The van der Waals surface area contributed by atoms with Crippen molar-refractivity contribution in [2.75, 3.05) is 13.7 Å². The van der Waals surface area contributed by atoms with E-state index in [1.54, 1.807) is 7.11 Å². The molecule has 0 heterocycles. The van der Waals surface area contributed by atoms with Gasteiger partial charge in [0.05, 0.1) is 7.11 Å². The van der Waals surface area contributed by atoms with E-state index in [1.165, 1.54) is 5.56 Å². The standard InChI is InChI=1S/C16H26N2O2/c1-12(2)18-16(19)9-10-17-13(3)11-14-7-5-6-8-15(14)20-4/h5-8,12-13,17H,9-11H2,1-4H3,(H,18,19). The number of para-hydroxylation sites is 1. The largest absolute Gasteiger partial charge is 0.496 e. The molecule has 0 saturated heterocycles. The predicted molar refractivity (Wildman–Crippen MR) is 82.1 cm³/mol. The average molecular weight is 278 g/mol. The van der Waals surface area contributed by atoms with Crippen molar-refractivity contribution in [2.45, 2.75) is 45.7 Å². The number of hydrogen-bond acceptors (Lipinski definition) is 3. The molecular formula is C16H26N2O2. The third kappa shape index (κ3) is 6.06. The number of ether oxygens (including phenoxy) is 1. The lowest BCUT2D eigenvalue weighted by molar-refractivity contribution is -0.121. The van der Waals surface area contributed by atoms with Crippen molar-refractivity contribution in [1.82, 2.24) is 10.6 Å². The summed E-state index contributed by atoms with van der Waals surface area (Å²) in [5.74, 6) is 1.01. The molecule has 1 rings (SSSR count). The molecule has 2 N–H and O–H groups in total. The Balaban J connectivity index is 2.33. The van der Waals surface area contributed by atoms with E-state index in [2.05, 4.69) is 23.6 Å². The van der Waals surface area contributed by atoms with Crippen LogP contribution in [0.1, 0.15) is 32.8 Å². The number of rotatable bonds is 8. The maximum absolute atomic E-state index is 11.5. The second-order valence-electron chi connectivity index (χ2n) is 5.34. The second-order valence-corrected chi connectivity index (χ2v) is 5.34. The number of amides is 1. The van der Waals surface area contributed by atoms with Crippen molar-refractivity contribution in [2.24, 2.45) is 0 Å². The van der Waals surface area contributed by atoms with Crippen LogP contribution in [0.4, 0.5) is 0 Å². The maximum atomic E-state index is 11.5. The van der Waals surface area contributed by atoms with Gasteiger partial charge in [-0.1, -0.05) is 18.2 Å². The lowest BCUT2D eigenvalue weighted by Crippen LogP contribution is -2.35. The number of nitrogens with one attached hydrogen (secondary N) is 2. The quantitative estimate of drug-likeness (QED) is 0.766. The number of carbonyl (C=O) groups is 1. The summed E-state index contributed by atoms with van der Waals surface area (Å²) >= 11 is 0. The van der Waals surface area contributed by atoms with Crippen LogP contribution < -0.4 is 15.4 Å². The first-order valence-electron chi connectivity index (χ1n) is 7.17. The molecule has 1 unspecified atom stereocenters. The summed E-state index contributed by atoms with van der Waals surface area (Å²) in [5.41, 5.74) is 1.18. The number of methoxy groups -OCH3 is 1. The summed E-state index contributed by atoms with van der Waals surface area (Å²) in [5, 5.41) is 6.26. The van der Waals surface area contributed by atoms with E-state index < -0.39 is 0 Å². The summed E-state index contributed by atoms with van der Waals surface area (Å²) in [4.78, 5) is 11.5. The van der Waals surface area contributed by atoms with Gasteiger partial charge in [0.1, 0.15) is 5.75 Å². The highest BCUT2D eigenvalue weighted by Gasteiger charge is 2.08. The van der Waals surface area contributed by atoms with Crippen molar-refractivity contribution < 1.29 is 9.53 Å². The van der Waals surface area contributed by atoms with Crippen molar-refractivity contribution in [3.8, 4) is 5.75 Å². The highest BCUT2D eigenvalue weighted by atomic mass is 16.5. The van der Waals surface area contributed by atoms with Crippen molar-refractivity contribution in [3.05, 3.63) is 29.8 Å². The SMILES string of the molecule is COc1ccccc1CC(C)NCCC(=O)NC(C)C. The molecular weight excluding hydrogens is 252 g/mol. The molecule has 4 nitrogen and oxygen atoms in total. The van der Waals surface area contributed by atoms with Crippen LogP contribution >= 0.6 is 0 Å². The third-order valence-corrected chi connectivity index (χ3v) is 3.01. The summed E-state index contributed by atoms with van der Waals surface area (Å²) in [6.45, 7) is 6.74. The summed E-state index contributed by atoms with van der Waals surface area (Å²) in [6.07, 6.45) is 1.39. The zero-order valence-corrected chi connectivity index (χ0v) is 12.9. The molecule has 1 aromatic carbocycles. The molecule has 0 radical (unpaired) electrons. The summed E-state index contributed by atoms with van der Waals surface area (Å²) in [7, 11) is 1.69. The van der Waals surface area contributed by atoms with Gasteiger partial charge < -0.3 is 15.4 Å². The van der Waals surface area contributed by atoms with Gasteiger partial charge in [0.15, 0.2) is 0 Å². The van der Waals surface area contributed by atoms with E-state index >= 15 is 0 Å². The zero-order chi connectivity index (χ0) is 15.0. The molecule has 20 heavy (non-hydrogen) atoms. The van der Waals surface area contributed by atoms with Gasteiger partial charge in [0, 0.05) is 25.0 Å². The molecule has 1 aromatic rings. The number of carbonyl (C=O) groups excluding carboxylic acids is 1. The van der Waals surface area contributed by atoms with Crippen molar-refractivity contribution in [1.29, 1.82) is 0 Å². The Morgan fingerprint density at radius 1 is 1.25 bits per heavy atom. The summed E-state index contributed by atoms with van der Waals surface area (Å²) < 4.78 is 5.34. The first-order chi connectivity index (χ1) is 9.52. The molecule has 4 heteroatoms. The highest BCUT2D eigenvalue weighted by molar-refractivity contribution is 5.76. The Labute approximate surface area is 121 Å². The fraction of sp³-hybridized carbons (Fsp3) is 0.562. The van der Waals surface area contributed by atoms with Crippen LogP contribution in [0, 0.1) is 0 Å². The van der Waals surface area contributed by atoms with Crippen LogP contribution in [0.2, 0.25) is 0 Å². The normalized spacial score (nSPS) is 12.2. The second kappa shape index (κ2) is 8.59. The molecule has 1 atom stereocenters. The topological polar surface area (TPSA) is 50.4 Å². The molecule has 0 fully saturated rings. The van der Waals surface area contributed by atoms with E-state index in [1.807, 2.05) is 32.0 Å². The molecule has 1 amide bonds. The van der Waals surface area contributed by atoms with E-state index in [0.29, 0.717) is 19.0 Å². The molecule has 0 aliphatic carbocycles. The Morgan fingerprint density at radius 3 is 2.60 bits per heavy atom. The Morgan fingerprint density at radius 2 is 1.95 bits per heavy atom. The fourth-order valence-electron chi connectivity index (χ4n) is 2.10. The minimum Gasteiger partial charge on any atom is -0.496 e. The summed E-state index contributed by atoms with van der Waals surface area (Å²) in [6, 6.07) is 8.53. The van der Waals surface area contributed by atoms with Gasteiger partial charge in [0.2, 0.25) is 5.91 Å². The molecule has 0 aromatic heterocycles. The van der Waals surface area contributed by atoms with Gasteiger partial charge in [-0.15, -0.1) is 0 Å². The van der Waals surface area contributed by atoms with Crippen LogP contribution in [0.3, 0.4) is 0 Å². The first kappa shape index (κ1) is 16.5. The van der Waals surface area contributed by atoms with Crippen LogP contribution in [-0.2, 0) is 11.2 Å². The maximum Gasteiger partial charge on any atom is 0.221 e. The van der Waals surface area contributed by atoms with Gasteiger partial charge in [-0.25, -0.2) is 0 Å². The smallest absolute Gasteiger partial charge is 0.221 e. The van der Waals surface area contributed by atoms with Crippen LogP contribution in [0.5, 0.6) is 5.75 Å². The Bertz CT molecular complexity index is 419. The lowest BCUT2D eigenvalue weighted by atomic mass is 10.1. The van der Waals surface area contributed by atoms with Gasteiger partial charge >= 0.3 is 0 Å². The lowest BCUT2D eigenvalue weighted by Gasteiger charge is -2.16. The average Bonchev–Trinajstić information content (AvgIpc) is 2.38. The van der Waals surface area contributed by atoms with Gasteiger partial charge in [0.25, 0.3) is 0 Å². The zero-order valence-electron chi connectivity index (χ0n) is 12.9. The Kier molecular flexibility index (Phi) is 7.09. The predicted octanol–water partition coefficient (Wildman–Crippen LogP) is 2.13. The van der Waals surface area contributed by atoms with E-state index in [0.717, 1.165) is 12.2 Å².